The van der Waals surface area contributed by atoms with Crippen molar-refractivity contribution in [2.45, 2.75) is 13.0 Å². The average Bonchev–Trinajstić information content (AvgIpc) is 2.76. The molecule has 1 heterocycles. The van der Waals surface area contributed by atoms with E-state index in [-0.39, 0.29) is 6.04 Å². The van der Waals surface area contributed by atoms with Crippen LogP contribution in [0.15, 0.2) is 36.4 Å². The SMILES string of the molecule is CC(Nc1ccc(N(C)C)cc1)c1ccc(Cl)s1. The zero-order valence-corrected chi connectivity index (χ0v) is 12.3. The molecule has 1 N–H and O–H groups in total. The third kappa shape index (κ3) is 3.18. The number of nitrogens with one attached hydrogen (secondary N) is 1. The summed E-state index contributed by atoms with van der Waals surface area (Å²) in [5.74, 6) is 0. The van der Waals surface area contributed by atoms with Gasteiger partial charge in [-0.05, 0) is 43.3 Å². The standard InChI is InChI=1S/C14H17ClN2S/c1-10(13-8-9-14(15)18-13)16-11-4-6-12(7-5-11)17(2)3/h4-10,16H,1-3H3. The van der Waals surface area contributed by atoms with Crippen LogP contribution < -0.4 is 10.2 Å². The van der Waals surface area contributed by atoms with Crippen LogP contribution in [-0.4, -0.2) is 14.1 Å². The molecular weight excluding hydrogens is 264 g/mol. The fourth-order valence-corrected chi connectivity index (χ4v) is 2.80. The van der Waals surface area contributed by atoms with Gasteiger partial charge in [0, 0.05) is 30.3 Å². The first-order valence-corrected chi connectivity index (χ1v) is 7.05. The van der Waals surface area contributed by atoms with Crippen molar-refractivity contribution in [3.05, 3.63) is 45.6 Å². The minimum absolute atomic E-state index is 0.271. The lowest BCUT2D eigenvalue weighted by molar-refractivity contribution is 0.908. The van der Waals surface area contributed by atoms with Gasteiger partial charge in [-0.15, -0.1) is 11.3 Å². The smallest absolute Gasteiger partial charge is 0.0932 e. The Bertz CT molecular complexity index is 505. The summed E-state index contributed by atoms with van der Waals surface area (Å²) >= 11 is 7.57. The van der Waals surface area contributed by atoms with Crippen molar-refractivity contribution in [1.29, 1.82) is 0 Å². The molecule has 0 aliphatic rings. The Labute approximate surface area is 117 Å². The first-order valence-electron chi connectivity index (χ1n) is 5.85. The maximum Gasteiger partial charge on any atom is 0.0932 e. The van der Waals surface area contributed by atoms with Crippen LogP contribution >= 0.6 is 22.9 Å². The first kappa shape index (κ1) is 13.2. The fourth-order valence-electron chi connectivity index (χ4n) is 1.74. The van der Waals surface area contributed by atoms with Crippen LogP contribution in [0.5, 0.6) is 0 Å². The van der Waals surface area contributed by atoms with Crippen LogP contribution in [0.3, 0.4) is 0 Å². The summed E-state index contributed by atoms with van der Waals surface area (Å²) in [4.78, 5) is 3.34. The Kier molecular flexibility index (Phi) is 4.15. The molecule has 0 fully saturated rings. The highest BCUT2D eigenvalue weighted by atomic mass is 35.5. The maximum absolute atomic E-state index is 5.95. The Balaban J connectivity index is 2.05. The number of anilines is 2. The van der Waals surface area contributed by atoms with Crippen molar-refractivity contribution < 1.29 is 0 Å². The number of thiophene rings is 1. The van der Waals surface area contributed by atoms with Crippen LogP contribution in [0.2, 0.25) is 4.34 Å². The second kappa shape index (κ2) is 5.63. The van der Waals surface area contributed by atoms with Crippen molar-refractivity contribution >= 4 is 34.3 Å². The predicted octanol–water partition coefficient (Wildman–Crippen LogP) is 4.64. The van der Waals surface area contributed by atoms with E-state index in [9.17, 15) is 0 Å². The molecule has 0 aliphatic carbocycles. The van der Waals surface area contributed by atoms with Crippen molar-refractivity contribution in [3.63, 3.8) is 0 Å². The van der Waals surface area contributed by atoms with Crippen LogP contribution in [-0.2, 0) is 0 Å². The lowest BCUT2D eigenvalue weighted by Gasteiger charge is -2.16. The summed E-state index contributed by atoms with van der Waals surface area (Å²) < 4.78 is 0.835. The van der Waals surface area contributed by atoms with Gasteiger partial charge in [-0.3, -0.25) is 0 Å². The molecule has 0 aliphatic heterocycles. The van der Waals surface area contributed by atoms with Crippen molar-refractivity contribution in [3.8, 4) is 0 Å². The van der Waals surface area contributed by atoms with E-state index < -0.39 is 0 Å². The van der Waals surface area contributed by atoms with Crippen molar-refractivity contribution in [2.24, 2.45) is 0 Å². The molecule has 1 atom stereocenters. The summed E-state index contributed by atoms with van der Waals surface area (Å²) in [6, 6.07) is 12.7. The molecule has 0 radical (unpaired) electrons. The average molecular weight is 281 g/mol. The lowest BCUT2D eigenvalue weighted by atomic mass is 10.2. The number of halogens is 1. The molecule has 0 saturated heterocycles. The van der Waals surface area contributed by atoms with E-state index in [4.69, 9.17) is 11.6 Å². The molecule has 18 heavy (non-hydrogen) atoms. The highest BCUT2D eigenvalue weighted by Gasteiger charge is 2.08. The highest BCUT2D eigenvalue weighted by molar-refractivity contribution is 7.16. The highest BCUT2D eigenvalue weighted by Crippen LogP contribution is 2.29. The Hall–Kier alpha value is -1.19. The van der Waals surface area contributed by atoms with E-state index in [1.54, 1.807) is 11.3 Å². The molecule has 2 rings (SSSR count). The van der Waals surface area contributed by atoms with E-state index in [2.05, 4.69) is 47.5 Å². The molecule has 0 saturated carbocycles. The van der Waals surface area contributed by atoms with E-state index >= 15 is 0 Å². The topological polar surface area (TPSA) is 15.3 Å². The molecule has 96 valence electrons. The molecule has 1 unspecified atom stereocenters. The van der Waals surface area contributed by atoms with E-state index in [1.807, 2.05) is 20.2 Å². The number of nitrogens with zero attached hydrogens (tertiary/aromatic N) is 1. The van der Waals surface area contributed by atoms with E-state index in [0.717, 1.165) is 10.0 Å². The first-order chi connectivity index (χ1) is 8.56. The zero-order valence-electron chi connectivity index (χ0n) is 10.8. The normalized spacial score (nSPS) is 12.2. The van der Waals surface area contributed by atoms with E-state index in [0.29, 0.717) is 0 Å². The number of hydrogen-bond donors (Lipinski definition) is 1. The summed E-state index contributed by atoms with van der Waals surface area (Å²) in [6.07, 6.45) is 0. The molecule has 2 aromatic rings. The van der Waals surface area contributed by atoms with Crippen LogP contribution in [0, 0.1) is 0 Å². The molecule has 0 bridgehead atoms. The summed E-state index contributed by atoms with van der Waals surface area (Å²) in [7, 11) is 4.08. The van der Waals surface area contributed by atoms with Gasteiger partial charge < -0.3 is 10.2 Å². The van der Waals surface area contributed by atoms with Gasteiger partial charge in [0.15, 0.2) is 0 Å². The van der Waals surface area contributed by atoms with E-state index in [1.165, 1.54) is 10.6 Å². The second-order valence-corrected chi connectivity index (χ2v) is 6.20. The molecule has 4 heteroatoms. The summed E-state index contributed by atoms with van der Waals surface area (Å²) in [5, 5.41) is 3.47. The minimum Gasteiger partial charge on any atom is -0.378 e. The van der Waals surface area contributed by atoms with Crippen molar-refractivity contribution in [2.75, 3.05) is 24.3 Å². The Morgan fingerprint density at radius 2 is 1.78 bits per heavy atom. The largest absolute Gasteiger partial charge is 0.378 e. The van der Waals surface area contributed by atoms with Gasteiger partial charge in [0.1, 0.15) is 0 Å². The minimum atomic E-state index is 0.271. The molecule has 0 spiro atoms. The number of benzene rings is 1. The molecule has 1 aromatic carbocycles. The van der Waals surface area contributed by atoms with Gasteiger partial charge in [0.2, 0.25) is 0 Å². The monoisotopic (exact) mass is 280 g/mol. The quantitative estimate of drug-likeness (QED) is 0.878. The molecule has 0 amide bonds. The number of hydrogen-bond acceptors (Lipinski definition) is 3. The molecule has 1 aromatic heterocycles. The van der Waals surface area contributed by atoms with Gasteiger partial charge in [0.05, 0.1) is 10.4 Å². The van der Waals surface area contributed by atoms with Gasteiger partial charge in [-0.2, -0.15) is 0 Å². The van der Waals surface area contributed by atoms with Gasteiger partial charge in [0.25, 0.3) is 0 Å². The summed E-state index contributed by atoms with van der Waals surface area (Å²) in [5.41, 5.74) is 2.32. The Morgan fingerprint density at radius 3 is 2.28 bits per heavy atom. The van der Waals surface area contributed by atoms with Crippen LogP contribution in [0.25, 0.3) is 0 Å². The lowest BCUT2D eigenvalue weighted by Crippen LogP contribution is -2.09. The molecular formula is C14H17ClN2S. The van der Waals surface area contributed by atoms with Crippen molar-refractivity contribution in [1.82, 2.24) is 0 Å². The van der Waals surface area contributed by atoms with Crippen LogP contribution in [0.4, 0.5) is 11.4 Å². The third-order valence-electron chi connectivity index (χ3n) is 2.79. The predicted molar refractivity (Wildman–Crippen MR) is 82.1 cm³/mol. The van der Waals surface area contributed by atoms with Gasteiger partial charge in [-0.1, -0.05) is 11.6 Å². The summed E-state index contributed by atoms with van der Waals surface area (Å²) in [6.45, 7) is 2.14. The maximum atomic E-state index is 5.95. The molecule has 2 nitrogen and oxygen atoms in total. The second-order valence-electron chi connectivity index (χ2n) is 4.45. The van der Waals surface area contributed by atoms with Gasteiger partial charge >= 0.3 is 0 Å². The Morgan fingerprint density at radius 1 is 1.11 bits per heavy atom. The third-order valence-corrected chi connectivity index (χ3v) is 4.20. The van der Waals surface area contributed by atoms with Crippen LogP contribution in [0.1, 0.15) is 17.8 Å². The zero-order chi connectivity index (χ0) is 13.1. The fraction of sp³-hybridized carbons (Fsp3) is 0.286. The number of rotatable bonds is 4. The van der Waals surface area contributed by atoms with Gasteiger partial charge in [-0.25, -0.2) is 0 Å².